The highest BCUT2D eigenvalue weighted by atomic mass is 32.1. The minimum absolute atomic E-state index is 0.129. The van der Waals surface area contributed by atoms with E-state index in [0.29, 0.717) is 24.3 Å². The molecule has 0 aliphatic heterocycles. The Balaban J connectivity index is 2.30. The van der Waals surface area contributed by atoms with Crippen LogP contribution in [0.3, 0.4) is 0 Å². The molecular weight excluding hydrogens is 235 g/mol. The number of nitrogens with zero attached hydrogens (tertiary/aromatic N) is 1. The SMILES string of the molecule is O=CNCc1nc(C(=O)O)c(C2(F)CC2)s1. The monoisotopic (exact) mass is 244 g/mol. The third-order valence-electron chi connectivity index (χ3n) is 2.31. The lowest BCUT2D eigenvalue weighted by molar-refractivity contribution is -0.109. The number of carboxylic acids is 1. The van der Waals surface area contributed by atoms with Crippen LogP contribution >= 0.6 is 11.3 Å². The van der Waals surface area contributed by atoms with Crippen LogP contribution in [0.15, 0.2) is 0 Å². The van der Waals surface area contributed by atoms with Crippen molar-refractivity contribution in [3.8, 4) is 0 Å². The molecule has 1 saturated carbocycles. The lowest BCUT2D eigenvalue weighted by Gasteiger charge is -2.00. The number of carboxylic acid groups (broad SMARTS) is 1. The number of aromatic carboxylic acids is 1. The molecule has 1 aliphatic carbocycles. The van der Waals surface area contributed by atoms with E-state index < -0.39 is 11.6 Å². The van der Waals surface area contributed by atoms with Crippen molar-refractivity contribution in [3.05, 3.63) is 15.6 Å². The van der Waals surface area contributed by atoms with Gasteiger partial charge >= 0.3 is 5.97 Å². The van der Waals surface area contributed by atoms with Gasteiger partial charge in [0.15, 0.2) is 5.69 Å². The average molecular weight is 244 g/mol. The van der Waals surface area contributed by atoms with E-state index in [2.05, 4.69) is 10.3 Å². The Morgan fingerprint density at radius 3 is 2.88 bits per heavy atom. The average Bonchev–Trinajstić information content (AvgIpc) is 2.82. The van der Waals surface area contributed by atoms with Crippen LogP contribution < -0.4 is 5.32 Å². The summed E-state index contributed by atoms with van der Waals surface area (Å²) in [5.41, 5.74) is -1.74. The number of hydrogen-bond donors (Lipinski definition) is 2. The quantitative estimate of drug-likeness (QED) is 0.759. The van der Waals surface area contributed by atoms with Crippen molar-refractivity contribution in [2.75, 3.05) is 0 Å². The number of halogens is 1. The largest absolute Gasteiger partial charge is 0.476 e. The summed E-state index contributed by atoms with van der Waals surface area (Å²) in [6.07, 6.45) is 1.18. The van der Waals surface area contributed by atoms with Crippen LogP contribution in [0.1, 0.15) is 33.2 Å². The third-order valence-corrected chi connectivity index (χ3v) is 3.54. The zero-order valence-corrected chi connectivity index (χ0v) is 9.01. The topological polar surface area (TPSA) is 79.3 Å². The molecule has 2 N–H and O–H groups in total. The van der Waals surface area contributed by atoms with Crippen molar-refractivity contribution in [3.63, 3.8) is 0 Å². The van der Waals surface area contributed by atoms with Gasteiger partial charge in [-0.05, 0) is 12.8 Å². The second-order valence-corrected chi connectivity index (χ2v) is 4.64. The van der Waals surface area contributed by atoms with Crippen LogP contribution in [-0.4, -0.2) is 22.5 Å². The molecule has 1 heterocycles. The molecule has 0 radical (unpaired) electrons. The van der Waals surface area contributed by atoms with E-state index in [-0.39, 0.29) is 17.1 Å². The van der Waals surface area contributed by atoms with Crippen molar-refractivity contribution in [2.45, 2.75) is 25.1 Å². The molecule has 1 fully saturated rings. The Kier molecular flexibility index (Phi) is 2.63. The van der Waals surface area contributed by atoms with Gasteiger partial charge in [-0.1, -0.05) is 0 Å². The standard InChI is InChI=1S/C9H9FN2O3S/c10-9(1-2-9)7-6(8(14)15)12-5(16-7)3-11-4-13/h4H,1-3H2,(H,11,13)(H,14,15). The Labute approximate surface area is 94.3 Å². The highest BCUT2D eigenvalue weighted by molar-refractivity contribution is 7.12. The van der Waals surface area contributed by atoms with Crippen LogP contribution in [0, 0.1) is 0 Å². The molecule has 7 heteroatoms. The second kappa shape index (κ2) is 3.82. The van der Waals surface area contributed by atoms with Gasteiger partial charge in [-0.2, -0.15) is 0 Å². The summed E-state index contributed by atoms with van der Waals surface area (Å²) in [6, 6.07) is 0. The summed E-state index contributed by atoms with van der Waals surface area (Å²) in [5.74, 6) is -1.23. The molecule has 2 rings (SSSR count). The van der Waals surface area contributed by atoms with Crippen LogP contribution in [0.5, 0.6) is 0 Å². The fourth-order valence-corrected chi connectivity index (χ4v) is 2.50. The molecular formula is C9H9FN2O3S. The molecule has 0 atom stereocenters. The van der Waals surface area contributed by atoms with E-state index in [1.807, 2.05) is 0 Å². The zero-order valence-electron chi connectivity index (χ0n) is 8.20. The summed E-state index contributed by atoms with van der Waals surface area (Å²) in [7, 11) is 0. The van der Waals surface area contributed by atoms with E-state index in [4.69, 9.17) is 5.11 Å². The Hall–Kier alpha value is -1.50. The van der Waals surface area contributed by atoms with E-state index in [1.165, 1.54) is 0 Å². The first-order valence-corrected chi connectivity index (χ1v) is 5.48. The molecule has 0 bridgehead atoms. The van der Waals surface area contributed by atoms with Crippen molar-refractivity contribution < 1.29 is 19.1 Å². The van der Waals surface area contributed by atoms with Crippen LogP contribution in [0.4, 0.5) is 4.39 Å². The van der Waals surface area contributed by atoms with E-state index in [9.17, 15) is 14.0 Å². The number of carbonyl (C=O) groups is 2. The van der Waals surface area contributed by atoms with Crippen molar-refractivity contribution in [1.29, 1.82) is 0 Å². The number of aromatic nitrogens is 1. The molecule has 1 aliphatic rings. The summed E-state index contributed by atoms with van der Waals surface area (Å²) in [5, 5.41) is 11.7. The number of carbonyl (C=O) groups excluding carboxylic acids is 1. The zero-order chi connectivity index (χ0) is 11.8. The third kappa shape index (κ3) is 1.90. The van der Waals surface area contributed by atoms with Crippen molar-refractivity contribution in [1.82, 2.24) is 10.3 Å². The maximum Gasteiger partial charge on any atom is 0.355 e. The summed E-state index contributed by atoms with van der Waals surface area (Å²) >= 11 is 1.01. The molecule has 0 saturated heterocycles. The summed E-state index contributed by atoms with van der Waals surface area (Å²) in [4.78, 5) is 24.9. The molecule has 86 valence electrons. The number of rotatable bonds is 5. The maximum absolute atomic E-state index is 13.8. The first-order valence-electron chi connectivity index (χ1n) is 4.66. The van der Waals surface area contributed by atoms with Crippen molar-refractivity contribution in [2.24, 2.45) is 0 Å². The Morgan fingerprint density at radius 1 is 1.69 bits per heavy atom. The van der Waals surface area contributed by atoms with Gasteiger partial charge in [0.2, 0.25) is 6.41 Å². The van der Waals surface area contributed by atoms with Gasteiger partial charge in [0.1, 0.15) is 10.7 Å². The van der Waals surface area contributed by atoms with E-state index in [0.717, 1.165) is 11.3 Å². The van der Waals surface area contributed by atoms with Gasteiger partial charge in [0.05, 0.1) is 11.4 Å². The number of amides is 1. The summed E-state index contributed by atoms with van der Waals surface area (Å²) < 4.78 is 13.8. The first-order chi connectivity index (χ1) is 7.57. The van der Waals surface area contributed by atoms with Crippen LogP contribution in [0.2, 0.25) is 0 Å². The molecule has 0 unspecified atom stereocenters. The summed E-state index contributed by atoms with van der Waals surface area (Å²) in [6.45, 7) is 0.129. The van der Waals surface area contributed by atoms with Gasteiger partial charge in [-0.25, -0.2) is 14.2 Å². The minimum Gasteiger partial charge on any atom is -0.476 e. The molecule has 1 aromatic rings. The molecule has 1 amide bonds. The molecule has 16 heavy (non-hydrogen) atoms. The Bertz CT molecular complexity index is 442. The Morgan fingerprint density at radius 2 is 2.38 bits per heavy atom. The number of thiazole rings is 1. The smallest absolute Gasteiger partial charge is 0.355 e. The molecule has 0 spiro atoms. The maximum atomic E-state index is 13.8. The minimum atomic E-state index is -1.51. The highest BCUT2D eigenvalue weighted by Crippen LogP contribution is 2.52. The van der Waals surface area contributed by atoms with Crippen LogP contribution in [0.25, 0.3) is 0 Å². The van der Waals surface area contributed by atoms with Gasteiger partial charge in [0.25, 0.3) is 0 Å². The predicted octanol–water partition coefficient (Wildman–Crippen LogP) is 1.05. The van der Waals surface area contributed by atoms with Gasteiger partial charge in [-0.15, -0.1) is 11.3 Å². The van der Waals surface area contributed by atoms with Gasteiger partial charge < -0.3 is 10.4 Å². The predicted molar refractivity (Wildman–Crippen MR) is 54.0 cm³/mol. The molecule has 1 aromatic heterocycles. The lowest BCUT2D eigenvalue weighted by Crippen LogP contribution is -2.10. The van der Waals surface area contributed by atoms with E-state index in [1.54, 1.807) is 0 Å². The van der Waals surface area contributed by atoms with E-state index >= 15 is 0 Å². The van der Waals surface area contributed by atoms with Gasteiger partial charge in [0, 0.05) is 0 Å². The normalized spacial score (nSPS) is 16.8. The fourth-order valence-electron chi connectivity index (χ4n) is 1.35. The van der Waals surface area contributed by atoms with Crippen molar-refractivity contribution >= 4 is 23.7 Å². The highest BCUT2D eigenvalue weighted by Gasteiger charge is 2.49. The molecule has 0 aromatic carbocycles. The second-order valence-electron chi connectivity index (χ2n) is 3.55. The molecule has 5 nitrogen and oxygen atoms in total. The van der Waals surface area contributed by atoms with Crippen LogP contribution in [-0.2, 0) is 17.0 Å². The fraction of sp³-hybridized carbons (Fsp3) is 0.444. The number of alkyl halides is 1. The van der Waals surface area contributed by atoms with Gasteiger partial charge in [-0.3, -0.25) is 4.79 Å². The number of hydrogen-bond acceptors (Lipinski definition) is 4. The first kappa shape index (κ1) is 11.0. The lowest BCUT2D eigenvalue weighted by atomic mass is 10.2. The number of nitrogens with one attached hydrogen (secondary N) is 1.